The molecule has 0 radical (unpaired) electrons. The van der Waals surface area contributed by atoms with E-state index in [-0.39, 0.29) is 0 Å². The zero-order valence-electron chi connectivity index (χ0n) is 21.2. The van der Waals surface area contributed by atoms with E-state index in [1.165, 1.54) is 135 Å². The van der Waals surface area contributed by atoms with Crippen LogP contribution in [0.5, 0.6) is 0 Å². The Labute approximate surface area is 186 Å². The lowest BCUT2D eigenvalue weighted by molar-refractivity contribution is 0.314. The van der Waals surface area contributed by atoms with Crippen LogP contribution in [0.2, 0.25) is 0 Å². The summed E-state index contributed by atoms with van der Waals surface area (Å²) in [5, 5.41) is 0. The van der Waals surface area contributed by atoms with Gasteiger partial charge in [-0.25, -0.2) is 0 Å². The Morgan fingerprint density at radius 2 is 0.793 bits per heavy atom. The molecule has 0 aliphatic heterocycles. The summed E-state index contributed by atoms with van der Waals surface area (Å²) in [7, 11) is 0. The molecule has 0 heteroatoms. The largest absolute Gasteiger partial charge is 0.0885 e. The Hall–Kier alpha value is -0.260. The molecule has 174 valence electrons. The second-order valence-corrected chi connectivity index (χ2v) is 9.93. The highest BCUT2D eigenvalue weighted by Gasteiger charge is 2.12. The van der Waals surface area contributed by atoms with Gasteiger partial charge in [0.1, 0.15) is 0 Å². The molecular weight excluding hydrogens is 348 g/mol. The van der Waals surface area contributed by atoms with Gasteiger partial charge in [-0.05, 0) is 37.5 Å². The van der Waals surface area contributed by atoms with Gasteiger partial charge >= 0.3 is 0 Å². The van der Waals surface area contributed by atoms with Crippen LogP contribution in [0.25, 0.3) is 0 Å². The molecule has 0 heterocycles. The molecule has 0 amide bonds. The molecule has 0 aromatic heterocycles. The van der Waals surface area contributed by atoms with Crippen LogP contribution >= 0.6 is 0 Å². The van der Waals surface area contributed by atoms with Gasteiger partial charge in [-0.3, -0.25) is 0 Å². The summed E-state index contributed by atoms with van der Waals surface area (Å²) in [6, 6.07) is 0. The first-order valence-electron chi connectivity index (χ1n) is 13.9. The van der Waals surface area contributed by atoms with Crippen molar-refractivity contribution in [2.75, 3.05) is 0 Å². The molecule has 0 saturated carbocycles. The average Bonchev–Trinajstić information content (AvgIpc) is 2.71. The van der Waals surface area contributed by atoms with Crippen molar-refractivity contribution in [2.45, 2.75) is 163 Å². The highest BCUT2D eigenvalue weighted by atomic mass is 14.2. The van der Waals surface area contributed by atoms with Crippen molar-refractivity contribution in [3.63, 3.8) is 0 Å². The first-order chi connectivity index (χ1) is 14.2. The fourth-order valence-corrected chi connectivity index (χ4v) is 4.48. The summed E-state index contributed by atoms with van der Waals surface area (Å²) in [4.78, 5) is 0. The van der Waals surface area contributed by atoms with Crippen molar-refractivity contribution >= 4 is 0 Å². The molecule has 0 fully saturated rings. The molecular formula is C29H58. The van der Waals surface area contributed by atoms with Gasteiger partial charge in [0.2, 0.25) is 0 Å². The second-order valence-electron chi connectivity index (χ2n) is 9.93. The Kier molecular flexibility index (Phi) is 23.8. The molecule has 0 spiro atoms. The monoisotopic (exact) mass is 406 g/mol. The van der Waals surface area contributed by atoms with Crippen LogP contribution in [0.3, 0.4) is 0 Å². The number of allylic oxidation sites excluding steroid dienone is 2. The standard InChI is InChI=1S/C29H58/c1-5-7-9-10-11-12-13-14-15-16-17-18-19-20-21-22-23-25-27-29(28(3)4)26-24-8-6-2/h11-12,28-29H,5-10,13-27H2,1-4H3/b12-11+. The number of hydrogen-bond donors (Lipinski definition) is 0. The minimum atomic E-state index is 0.883. The van der Waals surface area contributed by atoms with E-state index >= 15 is 0 Å². The predicted octanol–water partition coefficient (Wildman–Crippen LogP) is 11.0. The Bertz CT molecular complexity index is 314. The SMILES string of the molecule is CCCCC/C=C/CCCCCCCCCCCCCC(CCCCC)C(C)C. The van der Waals surface area contributed by atoms with Gasteiger partial charge in [-0.2, -0.15) is 0 Å². The molecule has 29 heavy (non-hydrogen) atoms. The van der Waals surface area contributed by atoms with E-state index in [0.717, 1.165) is 11.8 Å². The van der Waals surface area contributed by atoms with Crippen LogP contribution in [0.4, 0.5) is 0 Å². The topological polar surface area (TPSA) is 0 Å². The third-order valence-corrected chi connectivity index (χ3v) is 6.71. The van der Waals surface area contributed by atoms with E-state index in [4.69, 9.17) is 0 Å². The maximum absolute atomic E-state index is 2.43. The van der Waals surface area contributed by atoms with E-state index in [1.54, 1.807) is 0 Å². The first kappa shape index (κ1) is 28.7. The van der Waals surface area contributed by atoms with Crippen LogP contribution in [0, 0.1) is 11.8 Å². The lowest BCUT2D eigenvalue weighted by Crippen LogP contribution is -2.08. The van der Waals surface area contributed by atoms with Crippen molar-refractivity contribution in [2.24, 2.45) is 11.8 Å². The first-order valence-corrected chi connectivity index (χ1v) is 13.9. The fourth-order valence-electron chi connectivity index (χ4n) is 4.48. The third-order valence-electron chi connectivity index (χ3n) is 6.71. The highest BCUT2D eigenvalue weighted by molar-refractivity contribution is 4.81. The smallest absolute Gasteiger partial charge is 0.0351 e. The van der Waals surface area contributed by atoms with Crippen molar-refractivity contribution in [3.8, 4) is 0 Å². The Morgan fingerprint density at radius 3 is 1.24 bits per heavy atom. The van der Waals surface area contributed by atoms with E-state index in [2.05, 4.69) is 39.8 Å². The highest BCUT2D eigenvalue weighted by Crippen LogP contribution is 2.25. The molecule has 1 atom stereocenters. The fraction of sp³-hybridized carbons (Fsp3) is 0.931. The molecule has 0 rings (SSSR count). The van der Waals surface area contributed by atoms with E-state index in [1.807, 2.05) is 0 Å². The summed E-state index contributed by atoms with van der Waals surface area (Å²) in [6.45, 7) is 9.46. The second kappa shape index (κ2) is 24.0. The lowest BCUT2D eigenvalue weighted by Gasteiger charge is -2.20. The van der Waals surface area contributed by atoms with Crippen molar-refractivity contribution < 1.29 is 0 Å². The maximum Gasteiger partial charge on any atom is -0.0351 e. The van der Waals surface area contributed by atoms with Gasteiger partial charge in [-0.15, -0.1) is 0 Å². The third kappa shape index (κ3) is 22.3. The molecule has 0 aromatic rings. The van der Waals surface area contributed by atoms with E-state index < -0.39 is 0 Å². The minimum Gasteiger partial charge on any atom is -0.0885 e. The van der Waals surface area contributed by atoms with Crippen LogP contribution in [-0.4, -0.2) is 0 Å². The van der Waals surface area contributed by atoms with Gasteiger partial charge in [0.25, 0.3) is 0 Å². The summed E-state index contributed by atoms with van der Waals surface area (Å²) < 4.78 is 0. The summed E-state index contributed by atoms with van der Waals surface area (Å²) in [6.07, 6.45) is 34.8. The average molecular weight is 407 g/mol. The van der Waals surface area contributed by atoms with Crippen molar-refractivity contribution in [3.05, 3.63) is 12.2 Å². The molecule has 0 N–H and O–H groups in total. The van der Waals surface area contributed by atoms with Crippen molar-refractivity contribution in [1.29, 1.82) is 0 Å². The zero-order chi connectivity index (χ0) is 21.4. The van der Waals surface area contributed by atoms with Crippen molar-refractivity contribution in [1.82, 2.24) is 0 Å². The molecule has 0 aromatic carbocycles. The van der Waals surface area contributed by atoms with Gasteiger partial charge in [0, 0.05) is 0 Å². The molecule has 0 bridgehead atoms. The summed E-state index contributed by atoms with van der Waals surface area (Å²) in [5.74, 6) is 1.87. The number of hydrogen-bond acceptors (Lipinski definition) is 0. The quantitative estimate of drug-likeness (QED) is 0.117. The summed E-state index contributed by atoms with van der Waals surface area (Å²) >= 11 is 0. The summed E-state index contributed by atoms with van der Waals surface area (Å²) in [5.41, 5.74) is 0. The van der Waals surface area contributed by atoms with E-state index in [9.17, 15) is 0 Å². The molecule has 1 unspecified atom stereocenters. The van der Waals surface area contributed by atoms with Gasteiger partial charge in [-0.1, -0.05) is 149 Å². The molecule has 0 saturated heterocycles. The maximum atomic E-state index is 2.43. The predicted molar refractivity (Wildman–Crippen MR) is 136 cm³/mol. The molecule has 0 aliphatic rings. The minimum absolute atomic E-state index is 0.883. The van der Waals surface area contributed by atoms with E-state index in [0.29, 0.717) is 0 Å². The number of unbranched alkanes of at least 4 members (excludes halogenated alkanes) is 16. The van der Waals surface area contributed by atoms with Gasteiger partial charge in [0.05, 0.1) is 0 Å². The number of rotatable bonds is 23. The molecule has 0 aliphatic carbocycles. The Morgan fingerprint density at radius 1 is 0.448 bits per heavy atom. The molecule has 0 nitrogen and oxygen atoms in total. The zero-order valence-corrected chi connectivity index (χ0v) is 21.2. The van der Waals surface area contributed by atoms with Crippen LogP contribution in [-0.2, 0) is 0 Å². The van der Waals surface area contributed by atoms with Gasteiger partial charge in [0.15, 0.2) is 0 Å². The van der Waals surface area contributed by atoms with Crippen LogP contribution in [0.15, 0.2) is 12.2 Å². The normalized spacial score (nSPS) is 13.0. The Balaban J connectivity index is 3.28. The lowest BCUT2D eigenvalue weighted by atomic mass is 9.86. The van der Waals surface area contributed by atoms with Gasteiger partial charge < -0.3 is 0 Å². The van der Waals surface area contributed by atoms with Crippen LogP contribution < -0.4 is 0 Å². The van der Waals surface area contributed by atoms with Crippen LogP contribution in [0.1, 0.15) is 163 Å².